The van der Waals surface area contributed by atoms with Crippen LogP contribution >= 0.6 is 11.3 Å². The van der Waals surface area contributed by atoms with Crippen LogP contribution in [0.5, 0.6) is 0 Å². The van der Waals surface area contributed by atoms with Crippen molar-refractivity contribution in [1.29, 1.82) is 0 Å². The number of carbonyl (C=O) groups is 1. The largest absolute Gasteiger partial charge is 0.379 e. The minimum atomic E-state index is -0.715. The maximum atomic E-state index is 13.2. The van der Waals surface area contributed by atoms with Gasteiger partial charge in [-0.1, -0.05) is 48.5 Å². The molecular formula is C28H25N3O4S. The van der Waals surface area contributed by atoms with Crippen LogP contribution in [-0.4, -0.2) is 42.4 Å². The normalized spacial score (nSPS) is 16.1. The molecule has 36 heavy (non-hydrogen) atoms. The Morgan fingerprint density at radius 1 is 1.08 bits per heavy atom. The third kappa shape index (κ3) is 6.08. The monoisotopic (exact) mass is 499 g/mol. The Balaban J connectivity index is 1.57. The fourth-order valence-electron chi connectivity index (χ4n) is 4.38. The number of thiophene rings is 1. The first-order chi connectivity index (χ1) is 17.6. The Hall–Kier alpha value is -4.18. The molecule has 2 heterocycles. The molecular weight excluding hydrogens is 474 g/mol. The number of nitrogens with one attached hydrogen (secondary N) is 3. The number of benzene rings is 2. The molecule has 1 saturated heterocycles. The third-order valence-electron chi connectivity index (χ3n) is 6.17. The number of allylic oxidation sites excluding steroid dienone is 1. The zero-order valence-corrected chi connectivity index (χ0v) is 20.3. The van der Waals surface area contributed by atoms with Crippen LogP contribution in [0.3, 0.4) is 0 Å². The quantitative estimate of drug-likeness (QED) is 0.371. The molecule has 1 fully saturated rings. The van der Waals surface area contributed by atoms with Gasteiger partial charge in [0.2, 0.25) is 0 Å². The Bertz CT molecular complexity index is 1350. The molecule has 0 aliphatic carbocycles. The van der Waals surface area contributed by atoms with Crippen LogP contribution in [0.2, 0.25) is 0 Å². The van der Waals surface area contributed by atoms with E-state index in [2.05, 4.69) is 16.0 Å². The molecule has 1 aliphatic heterocycles. The van der Waals surface area contributed by atoms with Gasteiger partial charge >= 0.3 is 0 Å². The van der Waals surface area contributed by atoms with E-state index in [1.807, 2.05) is 72.5 Å². The summed E-state index contributed by atoms with van der Waals surface area (Å²) in [6, 6.07) is 17.7. The summed E-state index contributed by atoms with van der Waals surface area (Å²) in [5.74, 6) is 5.20. The van der Waals surface area contributed by atoms with Crippen molar-refractivity contribution in [2.24, 2.45) is 5.92 Å². The van der Waals surface area contributed by atoms with E-state index in [9.17, 15) is 19.2 Å². The van der Waals surface area contributed by atoms with Crippen molar-refractivity contribution < 1.29 is 19.2 Å². The molecule has 3 aromatic rings. The smallest absolute Gasteiger partial charge is 0.261 e. The lowest BCUT2D eigenvalue weighted by Gasteiger charge is -2.25. The maximum absolute atomic E-state index is 13.2. The molecule has 4 rings (SSSR count). The van der Waals surface area contributed by atoms with Crippen LogP contribution in [0.25, 0.3) is 10.1 Å². The predicted octanol–water partition coefficient (Wildman–Crippen LogP) is 3.02. The fraction of sp³-hybridized carbons (Fsp3) is 0.250. The van der Waals surface area contributed by atoms with Gasteiger partial charge in [0, 0.05) is 23.2 Å². The molecule has 1 amide bonds. The van der Waals surface area contributed by atoms with Crippen molar-refractivity contribution >= 4 is 45.2 Å². The second-order valence-corrected chi connectivity index (χ2v) is 9.66. The summed E-state index contributed by atoms with van der Waals surface area (Å²) in [7, 11) is 0. The second kappa shape index (κ2) is 12.0. The number of fused-ring (bicyclic) bond motifs is 1. The van der Waals surface area contributed by atoms with Crippen molar-refractivity contribution in [1.82, 2.24) is 16.0 Å². The number of hydrogen-bond donors (Lipinski definition) is 3. The Labute approximate surface area is 212 Å². The highest BCUT2D eigenvalue weighted by molar-refractivity contribution is 7.20. The van der Waals surface area contributed by atoms with Crippen molar-refractivity contribution in [3.8, 4) is 0 Å². The average molecular weight is 500 g/mol. The SMILES string of the molecule is O=C=CC(C[C@@H]1CCNC1=C=O)NC(=C=O)C(Cc1ccccc1)NC(=O)c1cc2ccccc2s1. The van der Waals surface area contributed by atoms with E-state index >= 15 is 0 Å². The first kappa shape index (κ1) is 24.9. The van der Waals surface area contributed by atoms with Crippen molar-refractivity contribution in [3.05, 3.63) is 88.6 Å². The maximum Gasteiger partial charge on any atom is 0.261 e. The molecule has 1 aliphatic rings. The molecule has 1 aromatic heterocycles. The minimum absolute atomic E-state index is 0.118. The lowest BCUT2D eigenvalue weighted by molar-refractivity contribution is 0.0945. The summed E-state index contributed by atoms with van der Waals surface area (Å²) in [6.07, 6.45) is 2.73. The molecule has 0 radical (unpaired) electrons. The Morgan fingerprint density at radius 2 is 1.86 bits per heavy atom. The fourth-order valence-corrected chi connectivity index (χ4v) is 5.35. The lowest BCUT2D eigenvalue weighted by Crippen LogP contribution is -2.44. The molecule has 2 aromatic carbocycles. The van der Waals surface area contributed by atoms with Gasteiger partial charge in [-0.3, -0.25) is 4.79 Å². The van der Waals surface area contributed by atoms with Gasteiger partial charge in [0.25, 0.3) is 5.91 Å². The van der Waals surface area contributed by atoms with Crippen molar-refractivity contribution in [2.45, 2.75) is 31.3 Å². The van der Waals surface area contributed by atoms with E-state index in [0.29, 0.717) is 36.4 Å². The Morgan fingerprint density at radius 3 is 2.58 bits per heavy atom. The highest BCUT2D eigenvalue weighted by Crippen LogP contribution is 2.26. The van der Waals surface area contributed by atoms with E-state index in [1.54, 1.807) is 5.94 Å². The van der Waals surface area contributed by atoms with Crippen LogP contribution in [-0.2, 0) is 20.8 Å². The zero-order chi connectivity index (χ0) is 25.3. The number of amides is 1. The molecule has 8 heteroatoms. The molecule has 182 valence electrons. The van der Waals surface area contributed by atoms with E-state index in [4.69, 9.17) is 0 Å². The predicted molar refractivity (Wildman–Crippen MR) is 140 cm³/mol. The van der Waals surface area contributed by atoms with Crippen molar-refractivity contribution in [2.75, 3.05) is 6.54 Å². The van der Waals surface area contributed by atoms with E-state index < -0.39 is 12.1 Å². The van der Waals surface area contributed by atoms with Gasteiger partial charge in [0.05, 0.1) is 22.7 Å². The first-order valence-corrected chi connectivity index (χ1v) is 12.5. The lowest BCUT2D eigenvalue weighted by atomic mass is 9.95. The van der Waals surface area contributed by atoms with Crippen LogP contribution in [0.15, 0.2) is 78.1 Å². The van der Waals surface area contributed by atoms with E-state index in [-0.39, 0.29) is 17.5 Å². The number of hydrogen-bond acceptors (Lipinski definition) is 7. The molecule has 0 saturated carbocycles. The van der Waals surface area contributed by atoms with Crippen LogP contribution in [0.1, 0.15) is 28.1 Å². The molecule has 2 unspecified atom stereocenters. The molecule has 3 N–H and O–H groups in total. The highest BCUT2D eigenvalue weighted by Gasteiger charge is 2.27. The van der Waals surface area contributed by atoms with Gasteiger partial charge in [0.15, 0.2) is 0 Å². The number of rotatable bonds is 10. The number of carbonyl (C=O) groups excluding carboxylic acids is 4. The summed E-state index contributed by atoms with van der Waals surface area (Å²) in [5, 5.41) is 10.0. The van der Waals surface area contributed by atoms with Gasteiger partial charge in [-0.05, 0) is 42.3 Å². The summed E-state index contributed by atoms with van der Waals surface area (Å²) < 4.78 is 0.993. The summed E-state index contributed by atoms with van der Waals surface area (Å²) >= 11 is 1.38. The minimum Gasteiger partial charge on any atom is -0.379 e. The summed E-state index contributed by atoms with van der Waals surface area (Å²) in [6.45, 7) is 0.644. The second-order valence-electron chi connectivity index (χ2n) is 8.58. The van der Waals surface area contributed by atoms with E-state index in [1.165, 1.54) is 17.4 Å². The van der Waals surface area contributed by atoms with Crippen LogP contribution < -0.4 is 16.0 Å². The van der Waals surface area contributed by atoms with Crippen LogP contribution in [0, 0.1) is 5.92 Å². The average Bonchev–Trinajstić information content (AvgIpc) is 3.54. The molecule has 0 bridgehead atoms. The zero-order valence-electron chi connectivity index (χ0n) is 19.5. The molecule has 0 spiro atoms. The van der Waals surface area contributed by atoms with E-state index in [0.717, 1.165) is 15.6 Å². The standard InChI is InChI=1S/C28H25N3O4S/c32-13-11-22(15-20-10-12-29-24(20)17-33)30-25(18-34)23(14-19-6-2-1-3-7-19)31-28(35)27-16-21-8-4-5-9-26(21)36-27/h1-9,11,16,20,22-23,29-30H,10,12,14-15H2,(H,31,35)/t20-,22?,23?/m0/s1. The van der Waals surface area contributed by atoms with Gasteiger partial charge < -0.3 is 16.0 Å². The van der Waals surface area contributed by atoms with Crippen molar-refractivity contribution in [3.63, 3.8) is 0 Å². The third-order valence-corrected chi connectivity index (χ3v) is 7.29. The summed E-state index contributed by atoms with van der Waals surface area (Å²) in [5.41, 5.74) is 1.49. The topological polar surface area (TPSA) is 104 Å². The molecule has 7 nitrogen and oxygen atoms in total. The highest BCUT2D eigenvalue weighted by atomic mass is 32.1. The summed E-state index contributed by atoms with van der Waals surface area (Å²) in [4.78, 5) is 48.3. The molecule has 3 atom stereocenters. The van der Waals surface area contributed by atoms with Gasteiger partial charge in [-0.25, -0.2) is 14.4 Å². The van der Waals surface area contributed by atoms with Gasteiger partial charge in [0.1, 0.15) is 23.5 Å². The Kier molecular flexibility index (Phi) is 8.30. The van der Waals surface area contributed by atoms with Gasteiger partial charge in [-0.15, -0.1) is 11.3 Å². The van der Waals surface area contributed by atoms with Gasteiger partial charge in [-0.2, -0.15) is 0 Å². The van der Waals surface area contributed by atoms with Crippen LogP contribution in [0.4, 0.5) is 0 Å². The first-order valence-electron chi connectivity index (χ1n) is 11.7.